The molecule has 1 aliphatic heterocycles. The van der Waals surface area contributed by atoms with E-state index in [1.54, 1.807) is 4.90 Å². The molecule has 1 saturated heterocycles. The molecular weight excluding hydrogens is 465 g/mol. The number of rotatable bonds is 5. The lowest BCUT2D eigenvalue weighted by molar-refractivity contribution is -0.120. The number of fused-ring (bicyclic) bond motifs is 1. The Balaban J connectivity index is 1.48. The van der Waals surface area contributed by atoms with E-state index in [1.807, 2.05) is 49.3 Å². The van der Waals surface area contributed by atoms with Gasteiger partial charge in [0.05, 0.1) is 11.2 Å². The summed E-state index contributed by atoms with van der Waals surface area (Å²) in [6.45, 7) is 0.229. The van der Waals surface area contributed by atoms with Gasteiger partial charge in [0.2, 0.25) is 0 Å². The Morgan fingerprint density at radius 3 is 2.35 bits per heavy atom. The van der Waals surface area contributed by atoms with Crippen LogP contribution in [-0.2, 0) is 11.3 Å². The zero-order chi connectivity index (χ0) is 24.3. The number of pyridine rings is 1. The molecule has 176 valence electrons. The van der Waals surface area contributed by atoms with Gasteiger partial charge in [-0.2, -0.15) is 13.2 Å². The number of para-hydroxylation sites is 1. The molecule has 10 heteroatoms. The molecule has 1 saturated carbocycles. The summed E-state index contributed by atoms with van der Waals surface area (Å²) in [5.74, 6) is 0.408. The first kappa shape index (κ1) is 22.5. The van der Waals surface area contributed by atoms with Crippen molar-refractivity contribution < 1.29 is 22.8 Å². The highest BCUT2D eigenvalue weighted by molar-refractivity contribution is 8.00. The van der Waals surface area contributed by atoms with Crippen LogP contribution in [0.15, 0.2) is 59.5 Å². The molecule has 0 bridgehead atoms. The molecule has 2 heterocycles. The maximum Gasteiger partial charge on any atom is 0.446 e. The molecule has 2 fully saturated rings. The molecule has 3 amide bonds. The fourth-order valence-corrected chi connectivity index (χ4v) is 4.86. The summed E-state index contributed by atoms with van der Waals surface area (Å²) < 4.78 is 38.0. The van der Waals surface area contributed by atoms with E-state index in [0.29, 0.717) is 12.8 Å². The average Bonchev–Trinajstić information content (AvgIpc) is 3.55. The second-order valence-electron chi connectivity index (χ2n) is 8.63. The highest BCUT2D eigenvalue weighted by Crippen LogP contribution is 2.50. The number of hydrogen-bond acceptors (Lipinski definition) is 5. The third-order valence-corrected chi connectivity index (χ3v) is 6.91. The van der Waals surface area contributed by atoms with Crippen molar-refractivity contribution in [3.63, 3.8) is 0 Å². The quantitative estimate of drug-likeness (QED) is 0.356. The zero-order valence-corrected chi connectivity index (χ0v) is 19.3. The number of benzene rings is 2. The van der Waals surface area contributed by atoms with E-state index in [1.165, 1.54) is 24.3 Å². The van der Waals surface area contributed by atoms with E-state index in [-0.39, 0.29) is 34.8 Å². The molecule has 5 rings (SSSR count). The Labute approximate surface area is 198 Å². The molecule has 2 aromatic carbocycles. The van der Waals surface area contributed by atoms with Crippen LogP contribution in [0.25, 0.3) is 10.9 Å². The predicted molar refractivity (Wildman–Crippen MR) is 125 cm³/mol. The van der Waals surface area contributed by atoms with Gasteiger partial charge < -0.3 is 9.80 Å². The van der Waals surface area contributed by atoms with Crippen LogP contribution in [0.1, 0.15) is 18.4 Å². The fourth-order valence-electron chi connectivity index (χ4n) is 4.32. The standard InChI is InChI=1S/C24H21F3N4O2S/c1-29(2)20-13-15(18-5-3-4-6-19(18)28-20)14-30-22(33)31(21(32)23(30)11-12-23)16-7-9-17(10-8-16)34-24(25,26)27/h3-10,13H,11-12,14H2,1-2H3. The van der Waals surface area contributed by atoms with Crippen LogP contribution in [-0.4, -0.2) is 47.0 Å². The average molecular weight is 487 g/mol. The largest absolute Gasteiger partial charge is 0.446 e. The van der Waals surface area contributed by atoms with Gasteiger partial charge in [0.1, 0.15) is 11.4 Å². The Bertz CT molecular complexity index is 1290. The molecule has 0 unspecified atom stereocenters. The lowest BCUT2D eigenvalue weighted by Crippen LogP contribution is -2.36. The van der Waals surface area contributed by atoms with Gasteiger partial charge in [0.25, 0.3) is 5.91 Å². The molecule has 0 atom stereocenters. The Morgan fingerprint density at radius 2 is 1.74 bits per heavy atom. The summed E-state index contributed by atoms with van der Waals surface area (Å²) in [7, 11) is 3.77. The number of imide groups is 1. The number of urea groups is 1. The molecular formula is C24H21F3N4O2S. The van der Waals surface area contributed by atoms with Crippen LogP contribution in [0.5, 0.6) is 0 Å². The van der Waals surface area contributed by atoms with E-state index in [2.05, 4.69) is 4.98 Å². The highest BCUT2D eigenvalue weighted by atomic mass is 32.2. The number of amides is 3. The third-order valence-electron chi connectivity index (χ3n) is 6.17. The number of alkyl halides is 3. The number of anilines is 2. The number of halogens is 3. The molecule has 6 nitrogen and oxygen atoms in total. The van der Waals surface area contributed by atoms with Crippen molar-refractivity contribution in [1.82, 2.24) is 9.88 Å². The summed E-state index contributed by atoms with van der Waals surface area (Å²) in [5.41, 5.74) is -3.38. The van der Waals surface area contributed by atoms with Crippen LogP contribution >= 0.6 is 11.8 Å². The SMILES string of the molecule is CN(C)c1cc(CN2C(=O)N(c3ccc(SC(F)(F)F)cc3)C(=O)C23CC3)c2ccccc2n1. The predicted octanol–water partition coefficient (Wildman–Crippen LogP) is 5.41. The number of thioether (sulfide) groups is 1. The van der Waals surface area contributed by atoms with E-state index in [0.717, 1.165) is 27.2 Å². The Kier molecular flexibility index (Phi) is 5.23. The van der Waals surface area contributed by atoms with Crippen LogP contribution in [0.4, 0.5) is 29.5 Å². The minimum absolute atomic E-state index is 0.00666. The van der Waals surface area contributed by atoms with Crippen molar-refractivity contribution in [2.75, 3.05) is 23.9 Å². The monoisotopic (exact) mass is 486 g/mol. The van der Waals surface area contributed by atoms with Gasteiger partial charge in [-0.15, -0.1) is 0 Å². The van der Waals surface area contributed by atoms with E-state index in [9.17, 15) is 22.8 Å². The van der Waals surface area contributed by atoms with Gasteiger partial charge in [0, 0.05) is 30.9 Å². The van der Waals surface area contributed by atoms with Crippen molar-refractivity contribution in [2.45, 2.75) is 35.3 Å². The highest BCUT2D eigenvalue weighted by Gasteiger charge is 2.65. The molecule has 1 aromatic heterocycles. The maximum atomic E-state index is 13.5. The number of carbonyl (C=O) groups excluding carboxylic acids is 2. The lowest BCUT2D eigenvalue weighted by atomic mass is 10.1. The van der Waals surface area contributed by atoms with E-state index >= 15 is 0 Å². The molecule has 2 aliphatic rings. The minimum Gasteiger partial charge on any atom is -0.363 e. The van der Waals surface area contributed by atoms with Crippen molar-refractivity contribution >= 4 is 46.1 Å². The molecule has 1 aliphatic carbocycles. The first-order valence-corrected chi connectivity index (χ1v) is 11.5. The second-order valence-corrected chi connectivity index (χ2v) is 9.77. The molecule has 3 aromatic rings. The fraction of sp³-hybridized carbons (Fsp3) is 0.292. The van der Waals surface area contributed by atoms with E-state index < -0.39 is 17.1 Å². The van der Waals surface area contributed by atoms with Crippen molar-refractivity contribution in [2.24, 2.45) is 0 Å². The normalized spacial score (nSPS) is 17.2. The third kappa shape index (κ3) is 3.85. The van der Waals surface area contributed by atoms with Crippen molar-refractivity contribution in [3.8, 4) is 0 Å². The minimum atomic E-state index is -4.41. The lowest BCUT2D eigenvalue weighted by Gasteiger charge is -2.23. The van der Waals surface area contributed by atoms with E-state index in [4.69, 9.17) is 0 Å². The van der Waals surface area contributed by atoms with Crippen LogP contribution in [0.2, 0.25) is 0 Å². The smallest absolute Gasteiger partial charge is 0.363 e. The summed E-state index contributed by atoms with van der Waals surface area (Å²) in [5, 5.41) is 0.899. The molecule has 0 N–H and O–H groups in total. The van der Waals surface area contributed by atoms with Crippen molar-refractivity contribution in [3.05, 3.63) is 60.2 Å². The molecule has 0 radical (unpaired) electrons. The maximum absolute atomic E-state index is 13.5. The molecule has 1 spiro atoms. The van der Waals surface area contributed by atoms with Crippen LogP contribution in [0, 0.1) is 0 Å². The van der Waals surface area contributed by atoms with Gasteiger partial charge in [-0.1, -0.05) is 18.2 Å². The summed E-state index contributed by atoms with van der Waals surface area (Å²) in [4.78, 5) is 36.0. The van der Waals surface area contributed by atoms with Crippen LogP contribution < -0.4 is 9.80 Å². The topological polar surface area (TPSA) is 56.8 Å². The zero-order valence-electron chi connectivity index (χ0n) is 18.5. The number of carbonyl (C=O) groups is 2. The Hall–Kier alpha value is -3.27. The number of hydrogen-bond donors (Lipinski definition) is 0. The Morgan fingerprint density at radius 1 is 1.06 bits per heavy atom. The van der Waals surface area contributed by atoms with Gasteiger partial charge in [-0.3, -0.25) is 4.79 Å². The summed E-state index contributed by atoms with van der Waals surface area (Å²) >= 11 is -0.236. The number of aromatic nitrogens is 1. The van der Waals surface area contributed by atoms with Crippen LogP contribution in [0.3, 0.4) is 0 Å². The van der Waals surface area contributed by atoms with Gasteiger partial charge in [-0.05, 0) is 66.6 Å². The first-order chi connectivity index (χ1) is 16.1. The van der Waals surface area contributed by atoms with Gasteiger partial charge in [-0.25, -0.2) is 14.7 Å². The van der Waals surface area contributed by atoms with Gasteiger partial charge in [0.15, 0.2) is 0 Å². The summed E-state index contributed by atoms with van der Waals surface area (Å²) in [6, 6.07) is 14.4. The molecule has 34 heavy (non-hydrogen) atoms. The number of nitrogens with zero attached hydrogens (tertiary/aromatic N) is 4. The second kappa shape index (κ2) is 7.90. The summed E-state index contributed by atoms with van der Waals surface area (Å²) in [6.07, 6.45) is 1.11. The van der Waals surface area contributed by atoms with Crippen molar-refractivity contribution in [1.29, 1.82) is 0 Å². The first-order valence-electron chi connectivity index (χ1n) is 10.7. The van der Waals surface area contributed by atoms with Gasteiger partial charge >= 0.3 is 11.5 Å².